The first-order valence-corrected chi connectivity index (χ1v) is 6.44. The van der Waals surface area contributed by atoms with E-state index in [1.165, 1.54) is 0 Å². The van der Waals surface area contributed by atoms with Crippen molar-refractivity contribution in [3.05, 3.63) is 59.7 Å². The van der Waals surface area contributed by atoms with Gasteiger partial charge in [0.15, 0.2) is 0 Å². The highest BCUT2D eigenvalue weighted by atomic mass is 16.5. The smallest absolute Gasteiger partial charge is 0.122 e. The van der Waals surface area contributed by atoms with Crippen LogP contribution in [0, 0.1) is 11.3 Å². The van der Waals surface area contributed by atoms with Crippen LogP contribution in [0.3, 0.4) is 0 Å². The highest BCUT2D eigenvalue weighted by Gasteiger charge is 2.14. The lowest BCUT2D eigenvalue weighted by molar-refractivity contribution is 0.409. The van der Waals surface area contributed by atoms with E-state index in [9.17, 15) is 5.26 Å². The molecule has 0 spiro atoms. The molecule has 0 bridgehead atoms. The molecule has 0 aliphatic rings. The molecule has 1 unspecified atom stereocenters. The minimum Gasteiger partial charge on any atom is -0.497 e. The average Bonchev–Trinajstić information content (AvgIpc) is 2.53. The Morgan fingerprint density at radius 2 is 1.70 bits per heavy atom. The molecule has 2 aromatic rings. The van der Waals surface area contributed by atoms with Crippen LogP contribution in [0.4, 0.5) is 0 Å². The Kier molecular flexibility index (Phi) is 4.62. The summed E-state index contributed by atoms with van der Waals surface area (Å²) in [6.45, 7) is 0. The third kappa shape index (κ3) is 3.10. The lowest BCUT2D eigenvalue weighted by Crippen LogP contribution is -2.02. The maximum absolute atomic E-state index is 9.41. The Morgan fingerprint density at radius 1 is 1.00 bits per heavy atom. The van der Waals surface area contributed by atoms with Crippen molar-refractivity contribution in [2.24, 2.45) is 0 Å². The van der Waals surface area contributed by atoms with Crippen LogP contribution in [0.15, 0.2) is 48.5 Å². The van der Waals surface area contributed by atoms with Crippen molar-refractivity contribution in [1.29, 1.82) is 5.26 Å². The summed E-state index contributed by atoms with van der Waals surface area (Å²) in [4.78, 5) is 0. The first kappa shape index (κ1) is 14.0. The quantitative estimate of drug-likeness (QED) is 0.832. The van der Waals surface area contributed by atoms with Crippen LogP contribution in [0.2, 0.25) is 0 Å². The molecule has 0 aromatic heterocycles. The van der Waals surface area contributed by atoms with E-state index in [0.29, 0.717) is 6.42 Å². The maximum atomic E-state index is 9.41. The van der Waals surface area contributed by atoms with Crippen molar-refractivity contribution in [3.63, 3.8) is 0 Å². The van der Waals surface area contributed by atoms with Crippen LogP contribution in [-0.4, -0.2) is 14.2 Å². The summed E-state index contributed by atoms with van der Waals surface area (Å²) in [5, 5.41) is 9.41. The molecule has 0 aliphatic carbocycles. The fourth-order valence-electron chi connectivity index (χ4n) is 2.17. The first-order valence-electron chi connectivity index (χ1n) is 6.44. The van der Waals surface area contributed by atoms with Gasteiger partial charge in [-0.25, -0.2) is 0 Å². The van der Waals surface area contributed by atoms with Gasteiger partial charge in [0.25, 0.3) is 0 Å². The molecule has 0 aliphatic heterocycles. The number of hydrogen-bond donors (Lipinski definition) is 0. The monoisotopic (exact) mass is 267 g/mol. The van der Waals surface area contributed by atoms with Gasteiger partial charge in [-0.05, 0) is 35.7 Å². The molecule has 20 heavy (non-hydrogen) atoms. The highest BCUT2D eigenvalue weighted by Crippen LogP contribution is 2.27. The van der Waals surface area contributed by atoms with Gasteiger partial charge in [0.1, 0.15) is 11.5 Å². The normalized spacial score (nSPS) is 11.4. The SMILES string of the molecule is COc1ccc(C(C#N)Cc2ccccc2OC)cc1. The van der Waals surface area contributed by atoms with E-state index in [2.05, 4.69) is 6.07 Å². The summed E-state index contributed by atoms with van der Waals surface area (Å²) in [6, 6.07) is 17.8. The zero-order valence-electron chi connectivity index (χ0n) is 11.7. The zero-order chi connectivity index (χ0) is 14.4. The maximum Gasteiger partial charge on any atom is 0.122 e. The summed E-state index contributed by atoms with van der Waals surface area (Å²) in [7, 11) is 3.28. The van der Waals surface area contributed by atoms with Crippen molar-refractivity contribution in [2.45, 2.75) is 12.3 Å². The van der Waals surface area contributed by atoms with Gasteiger partial charge in [0, 0.05) is 0 Å². The number of ether oxygens (including phenoxy) is 2. The Bertz CT molecular complexity index is 599. The van der Waals surface area contributed by atoms with Crippen molar-refractivity contribution >= 4 is 0 Å². The molecule has 0 heterocycles. The number of para-hydroxylation sites is 1. The Hall–Kier alpha value is -2.47. The van der Waals surface area contributed by atoms with Gasteiger partial charge in [-0.3, -0.25) is 0 Å². The van der Waals surface area contributed by atoms with E-state index in [0.717, 1.165) is 22.6 Å². The molecule has 3 nitrogen and oxygen atoms in total. The van der Waals surface area contributed by atoms with Gasteiger partial charge in [-0.15, -0.1) is 0 Å². The second kappa shape index (κ2) is 6.63. The van der Waals surface area contributed by atoms with Crippen LogP contribution < -0.4 is 9.47 Å². The standard InChI is InChI=1S/C17H17NO2/c1-19-16-9-7-13(8-10-16)15(12-18)11-14-5-3-4-6-17(14)20-2/h3-10,15H,11H2,1-2H3. The number of nitriles is 1. The number of nitrogens with zero attached hydrogens (tertiary/aromatic N) is 1. The topological polar surface area (TPSA) is 42.2 Å². The predicted molar refractivity (Wildman–Crippen MR) is 78.0 cm³/mol. The van der Waals surface area contributed by atoms with E-state index in [1.807, 2.05) is 48.5 Å². The second-order valence-electron chi connectivity index (χ2n) is 4.47. The predicted octanol–water partition coefficient (Wildman–Crippen LogP) is 3.55. The molecule has 3 heteroatoms. The highest BCUT2D eigenvalue weighted by molar-refractivity contribution is 5.38. The van der Waals surface area contributed by atoms with E-state index in [1.54, 1.807) is 14.2 Å². The Labute approximate surface area is 119 Å². The second-order valence-corrected chi connectivity index (χ2v) is 4.47. The number of hydrogen-bond acceptors (Lipinski definition) is 3. The fourth-order valence-corrected chi connectivity index (χ4v) is 2.17. The number of rotatable bonds is 5. The third-order valence-corrected chi connectivity index (χ3v) is 3.29. The van der Waals surface area contributed by atoms with Crippen LogP contribution in [0.1, 0.15) is 17.0 Å². The van der Waals surface area contributed by atoms with Crippen molar-refractivity contribution < 1.29 is 9.47 Å². The van der Waals surface area contributed by atoms with Crippen LogP contribution in [-0.2, 0) is 6.42 Å². The molecule has 102 valence electrons. The van der Waals surface area contributed by atoms with E-state index < -0.39 is 0 Å². The van der Waals surface area contributed by atoms with Crippen molar-refractivity contribution in [1.82, 2.24) is 0 Å². The Morgan fingerprint density at radius 3 is 2.30 bits per heavy atom. The first-order chi connectivity index (χ1) is 9.78. The molecule has 0 saturated heterocycles. The van der Waals surface area contributed by atoms with Crippen LogP contribution in [0.5, 0.6) is 11.5 Å². The summed E-state index contributed by atoms with van der Waals surface area (Å²) in [5.41, 5.74) is 2.02. The zero-order valence-corrected chi connectivity index (χ0v) is 11.7. The third-order valence-electron chi connectivity index (χ3n) is 3.29. The van der Waals surface area contributed by atoms with E-state index in [-0.39, 0.29) is 5.92 Å². The largest absolute Gasteiger partial charge is 0.497 e. The fraction of sp³-hybridized carbons (Fsp3) is 0.235. The molecule has 1 atom stereocenters. The number of benzene rings is 2. The number of methoxy groups -OCH3 is 2. The van der Waals surface area contributed by atoms with Gasteiger partial charge in [-0.2, -0.15) is 5.26 Å². The molecule has 2 aromatic carbocycles. The lowest BCUT2D eigenvalue weighted by Gasteiger charge is -2.13. The molecule has 2 rings (SSSR count). The van der Waals surface area contributed by atoms with Crippen LogP contribution in [0.25, 0.3) is 0 Å². The van der Waals surface area contributed by atoms with E-state index in [4.69, 9.17) is 9.47 Å². The summed E-state index contributed by atoms with van der Waals surface area (Å²) < 4.78 is 10.5. The molecular weight excluding hydrogens is 250 g/mol. The van der Waals surface area contributed by atoms with Gasteiger partial charge in [0.2, 0.25) is 0 Å². The minimum absolute atomic E-state index is 0.197. The van der Waals surface area contributed by atoms with Crippen LogP contribution >= 0.6 is 0 Å². The van der Waals surface area contributed by atoms with Crippen molar-refractivity contribution in [3.8, 4) is 17.6 Å². The lowest BCUT2D eigenvalue weighted by atomic mass is 9.93. The van der Waals surface area contributed by atoms with Gasteiger partial charge in [-0.1, -0.05) is 30.3 Å². The van der Waals surface area contributed by atoms with Gasteiger partial charge < -0.3 is 9.47 Å². The molecule has 0 N–H and O–H groups in total. The summed E-state index contributed by atoms with van der Waals surface area (Å²) >= 11 is 0. The van der Waals surface area contributed by atoms with Gasteiger partial charge >= 0.3 is 0 Å². The molecule has 0 fully saturated rings. The minimum atomic E-state index is -0.197. The Balaban J connectivity index is 2.22. The summed E-state index contributed by atoms with van der Waals surface area (Å²) in [5.74, 6) is 1.42. The summed E-state index contributed by atoms with van der Waals surface area (Å²) in [6.07, 6.45) is 0.632. The molecule has 0 radical (unpaired) electrons. The molecule has 0 saturated carbocycles. The molecular formula is C17H17NO2. The molecule has 0 amide bonds. The van der Waals surface area contributed by atoms with Gasteiger partial charge in [0.05, 0.1) is 26.2 Å². The van der Waals surface area contributed by atoms with E-state index >= 15 is 0 Å². The average molecular weight is 267 g/mol. The van der Waals surface area contributed by atoms with Crippen molar-refractivity contribution in [2.75, 3.05) is 14.2 Å².